The second kappa shape index (κ2) is 2.34. The SMILES string of the molecule is FI(Cl)C(F)(F)F. The Morgan fingerprint density at radius 1 is 1.29 bits per heavy atom. The maximum atomic E-state index is 11.0. The van der Waals surface area contributed by atoms with Crippen LogP contribution in [0, 0.1) is 0 Å². The van der Waals surface area contributed by atoms with Crippen molar-refractivity contribution in [3.63, 3.8) is 0 Å². The van der Waals surface area contributed by atoms with Crippen molar-refractivity contribution in [2.24, 2.45) is 0 Å². The van der Waals surface area contributed by atoms with Crippen LogP contribution in [0.1, 0.15) is 0 Å². The molecule has 0 spiro atoms. The van der Waals surface area contributed by atoms with Crippen LogP contribution in [-0.4, -0.2) is 4.18 Å². The third kappa shape index (κ3) is 3.33. The first-order chi connectivity index (χ1) is 2.94. The van der Waals surface area contributed by atoms with Crippen molar-refractivity contribution in [1.29, 1.82) is 0 Å². The molecule has 6 heteroatoms. The van der Waals surface area contributed by atoms with Crippen molar-refractivity contribution in [3.05, 3.63) is 0 Å². The number of alkyl halides is 4. The van der Waals surface area contributed by atoms with E-state index in [0.717, 1.165) is 0 Å². The molecule has 0 aliphatic carbocycles. The van der Waals surface area contributed by atoms with Gasteiger partial charge in [-0.1, -0.05) is 0 Å². The molecule has 0 aromatic heterocycles. The molecular formula is CClF4I. The van der Waals surface area contributed by atoms with Gasteiger partial charge < -0.3 is 0 Å². The molecule has 0 fully saturated rings. The minimum atomic E-state index is -4.74. The Morgan fingerprint density at radius 3 is 1.43 bits per heavy atom. The molecule has 0 saturated heterocycles. The van der Waals surface area contributed by atoms with Crippen LogP contribution in [0.15, 0.2) is 0 Å². The fraction of sp³-hybridized carbons (Fsp3) is 1.00. The van der Waals surface area contributed by atoms with Gasteiger partial charge in [0, 0.05) is 0 Å². The van der Waals surface area contributed by atoms with Crippen molar-refractivity contribution < 1.29 is 16.0 Å². The molecule has 0 radical (unpaired) electrons. The molecule has 0 N–H and O–H groups in total. The fourth-order valence-corrected chi connectivity index (χ4v) is 0. The molecule has 0 rings (SSSR count). The first kappa shape index (κ1) is 7.74. The molecule has 0 atom stereocenters. The molecule has 0 aromatic rings. The first-order valence-corrected chi connectivity index (χ1v) is 5.67. The van der Waals surface area contributed by atoms with Crippen molar-refractivity contribution >= 4 is 28.2 Å². The van der Waals surface area contributed by atoms with Crippen molar-refractivity contribution in [1.82, 2.24) is 0 Å². The van der Waals surface area contributed by atoms with Gasteiger partial charge in [0.05, 0.1) is 0 Å². The molecule has 46 valence electrons. The standard InChI is InChI=1S/CClF4I/c2-7(6)1(3,4)5. The van der Waals surface area contributed by atoms with E-state index in [1.807, 2.05) is 0 Å². The Morgan fingerprint density at radius 2 is 1.43 bits per heavy atom. The van der Waals surface area contributed by atoms with Gasteiger partial charge in [-0.15, -0.1) is 0 Å². The normalized spacial score (nSPS) is 14.1. The van der Waals surface area contributed by atoms with E-state index in [2.05, 4.69) is 8.91 Å². The second-order valence-corrected chi connectivity index (χ2v) is 4.66. The van der Waals surface area contributed by atoms with Crippen LogP contribution in [0.4, 0.5) is 16.0 Å². The van der Waals surface area contributed by atoms with Gasteiger partial charge in [-0.25, -0.2) is 0 Å². The Hall–Kier alpha value is 0.740. The summed E-state index contributed by atoms with van der Waals surface area (Å²) in [5.41, 5.74) is 0. The number of hydrogen-bond donors (Lipinski definition) is 0. The van der Waals surface area contributed by atoms with Crippen LogP contribution in [-0.2, 0) is 0 Å². The molecule has 0 nitrogen and oxygen atoms in total. The van der Waals surface area contributed by atoms with Crippen molar-refractivity contribution in [2.45, 2.75) is 4.18 Å². The summed E-state index contributed by atoms with van der Waals surface area (Å²) in [4.78, 5) is 0. The summed E-state index contributed by atoms with van der Waals surface area (Å²) in [7, 11) is 4.12. The van der Waals surface area contributed by atoms with E-state index in [1.54, 1.807) is 0 Å². The van der Waals surface area contributed by atoms with Gasteiger partial charge in [0.1, 0.15) is 0 Å². The van der Waals surface area contributed by atoms with Crippen molar-refractivity contribution in [2.75, 3.05) is 0 Å². The summed E-state index contributed by atoms with van der Waals surface area (Å²) < 4.78 is 38.5. The van der Waals surface area contributed by atoms with Crippen LogP contribution in [0.5, 0.6) is 0 Å². The Kier molecular flexibility index (Phi) is 2.59. The molecule has 0 heterocycles. The quantitative estimate of drug-likeness (QED) is 0.352. The summed E-state index contributed by atoms with van der Waals surface area (Å²) in [5.74, 6) is 0. The number of halogens is 6. The molecule has 0 bridgehead atoms. The third-order valence-electron chi connectivity index (χ3n) is 0.162. The summed E-state index contributed by atoms with van der Waals surface area (Å²) in [6.45, 7) is 0. The summed E-state index contributed by atoms with van der Waals surface area (Å²) >= 11 is -4.53. The predicted octanol–water partition coefficient (Wildman–Crippen LogP) is 3.05. The topological polar surface area (TPSA) is 0 Å². The molecule has 7 heavy (non-hydrogen) atoms. The van der Waals surface area contributed by atoms with Gasteiger partial charge in [0.25, 0.3) is 0 Å². The molecular weight excluding hydrogens is 250 g/mol. The van der Waals surface area contributed by atoms with E-state index in [9.17, 15) is 16.0 Å². The van der Waals surface area contributed by atoms with Gasteiger partial charge in [-0.3, -0.25) is 0 Å². The third-order valence-corrected chi connectivity index (χ3v) is 2.17. The molecule has 0 unspecified atom stereocenters. The maximum absolute atomic E-state index is 11.0. The van der Waals surface area contributed by atoms with Gasteiger partial charge in [0.2, 0.25) is 0 Å². The summed E-state index contributed by atoms with van der Waals surface area (Å²) in [5, 5.41) is 0. The van der Waals surface area contributed by atoms with E-state index in [-0.39, 0.29) is 0 Å². The zero-order chi connectivity index (χ0) is 6.08. The average molecular weight is 250 g/mol. The molecule has 0 aliphatic rings. The van der Waals surface area contributed by atoms with E-state index in [4.69, 9.17) is 0 Å². The molecule has 0 amide bonds. The van der Waals surface area contributed by atoms with Gasteiger partial charge in [-0.05, 0) is 0 Å². The van der Waals surface area contributed by atoms with Gasteiger partial charge >= 0.3 is 48.4 Å². The second-order valence-electron chi connectivity index (χ2n) is 0.625. The Labute approximate surface area is 48.7 Å². The predicted molar refractivity (Wildman–Crippen MR) is 27.0 cm³/mol. The zero-order valence-corrected chi connectivity index (χ0v) is 5.68. The average Bonchev–Trinajstić information content (AvgIpc) is 1.31. The molecule has 0 saturated carbocycles. The fourth-order valence-electron chi connectivity index (χ4n) is 0. The number of rotatable bonds is 0. The van der Waals surface area contributed by atoms with E-state index in [0.29, 0.717) is 0 Å². The van der Waals surface area contributed by atoms with Gasteiger partial charge in [0.15, 0.2) is 0 Å². The molecule has 0 aliphatic heterocycles. The van der Waals surface area contributed by atoms with Gasteiger partial charge in [-0.2, -0.15) is 0 Å². The van der Waals surface area contributed by atoms with E-state index < -0.39 is 23.4 Å². The Bertz CT molecular complexity index is 57.2. The van der Waals surface area contributed by atoms with Crippen LogP contribution in [0.2, 0.25) is 0 Å². The minimum absolute atomic E-state index is 4.12. The van der Waals surface area contributed by atoms with Crippen LogP contribution >= 0.6 is 28.2 Å². The number of hydrogen-bond acceptors (Lipinski definition) is 0. The molecule has 0 aromatic carbocycles. The van der Waals surface area contributed by atoms with E-state index in [1.165, 1.54) is 0 Å². The first-order valence-electron chi connectivity index (χ1n) is 1.04. The van der Waals surface area contributed by atoms with Crippen LogP contribution in [0.25, 0.3) is 0 Å². The van der Waals surface area contributed by atoms with E-state index >= 15 is 0 Å². The van der Waals surface area contributed by atoms with Crippen LogP contribution < -0.4 is 0 Å². The zero-order valence-electron chi connectivity index (χ0n) is 2.77. The summed E-state index contributed by atoms with van der Waals surface area (Å²) in [6, 6.07) is 0. The Balaban J connectivity index is 3.54. The summed E-state index contributed by atoms with van der Waals surface area (Å²) in [6.07, 6.45) is 0. The monoisotopic (exact) mass is 250 g/mol. The van der Waals surface area contributed by atoms with Crippen molar-refractivity contribution in [3.8, 4) is 0 Å². The van der Waals surface area contributed by atoms with Crippen LogP contribution in [0.3, 0.4) is 0 Å².